The molecule has 0 radical (unpaired) electrons. The first-order chi connectivity index (χ1) is 27.9. The number of hydrogen-bond acceptors (Lipinski definition) is 6. The maximum atomic E-state index is 12.4. The molecule has 0 aliphatic carbocycles. The number of aromatic hydroxyl groups is 2. The summed E-state index contributed by atoms with van der Waals surface area (Å²) >= 11 is 0. The summed E-state index contributed by atoms with van der Waals surface area (Å²) in [6.07, 6.45) is 4.11. The average molecular weight is 813 g/mol. The lowest BCUT2D eigenvalue weighted by molar-refractivity contribution is 0.306. The molecule has 60 heavy (non-hydrogen) atoms. The zero-order valence-electron chi connectivity index (χ0n) is 39.3. The number of benzene rings is 4. The van der Waals surface area contributed by atoms with Crippen molar-refractivity contribution in [3.8, 4) is 35.1 Å². The number of phenolic OH excluding ortho intramolecular Hbond substituents is 2. The van der Waals surface area contributed by atoms with Crippen molar-refractivity contribution in [1.82, 2.24) is 0 Å². The molecule has 0 amide bonds. The van der Waals surface area contributed by atoms with Gasteiger partial charge in [0.25, 0.3) is 0 Å². The molecule has 0 atom stereocenters. The van der Waals surface area contributed by atoms with Crippen LogP contribution in [0.15, 0.2) is 48.5 Å². The van der Waals surface area contributed by atoms with Gasteiger partial charge < -0.3 is 19.7 Å². The fraction of sp³-hybridized carbons (Fsp3) is 0.519. The first-order valence-corrected chi connectivity index (χ1v) is 21.9. The molecule has 0 aliphatic rings. The third kappa shape index (κ3) is 12.1. The highest BCUT2D eigenvalue weighted by atomic mass is 16.5. The lowest BCUT2D eigenvalue weighted by atomic mass is 9.80. The second kappa shape index (κ2) is 19.2. The van der Waals surface area contributed by atoms with E-state index >= 15 is 0 Å². The maximum Gasteiger partial charge on any atom is 0.126 e. The predicted molar refractivity (Wildman–Crippen MR) is 247 cm³/mol. The van der Waals surface area contributed by atoms with Crippen LogP contribution in [0.4, 0.5) is 0 Å². The van der Waals surface area contributed by atoms with Crippen molar-refractivity contribution in [3.05, 3.63) is 115 Å². The first kappa shape index (κ1) is 47.7. The van der Waals surface area contributed by atoms with Crippen molar-refractivity contribution in [2.45, 2.75) is 170 Å². The molecule has 0 saturated heterocycles. The Hall–Kier alpha value is -4.94. The predicted octanol–water partition coefficient (Wildman–Crippen LogP) is 13.3. The maximum absolute atomic E-state index is 12.4. The van der Waals surface area contributed by atoms with Crippen LogP contribution in [0.2, 0.25) is 0 Å². The fourth-order valence-electron chi connectivity index (χ4n) is 7.58. The molecule has 0 bridgehead atoms. The van der Waals surface area contributed by atoms with E-state index < -0.39 is 0 Å². The Balaban J connectivity index is 1.97. The van der Waals surface area contributed by atoms with Crippen LogP contribution in [0.3, 0.4) is 0 Å². The molecular weight excluding hydrogens is 741 g/mol. The number of unbranched alkanes of at least 4 members (excludes halogenated alkanes) is 2. The highest BCUT2D eigenvalue weighted by Gasteiger charge is 2.27. The van der Waals surface area contributed by atoms with Crippen LogP contribution in [-0.2, 0) is 47.3 Å². The van der Waals surface area contributed by atoms with Gasteiger partial charge in [0, 0.05) is 32.1 Å². The van der Waals surface area contributed by atoms with Crippen molar-refractivity contribution in [2.24, 2.45) is 0 Å². The number of phenols is 2. The Kier molecular flexibility index (Phi) is 15.3. The molecule has 4 aromatic rings. The van der Waals surface area contributed by atoms with Crippen LogP contribution in [0.1, 0.15) is 182 Å². The van der Waals surface area contributed by atoms with Crippen LogP contribution in [0, 0.1) is 29.6 Å². The van der Waals surface area contributed by atoms with Gasteiger partial charge in [0.05, 0.1) is 25.4 Å². The van der Waals surface area contributed by atoms with Crippen LogP contribution in [0.25, 0.3) is 0 Å². The van der Waals surface area contributed by atoms with E-state index in [0.29, 0.717) is 70.3 Å². The third-order valence-electron chi connectivity index (χ3n) is 11.5. The second-order valence-corrected chi connectivity index (χ2v) is 20.8. The second-order valence-electron chi connectivity index (χ2n) is 20.8. The quantitative estimate of drug-likeness (QED) is 0.116. The smallest absolute Gasteiger partial charge is 0.126 e. The lowest BCUT2D eigenvalue weighted by Crippen LogP contribution is -2.16. The summed E-state index contributed by atoms with van der Waals surface area (Å²) < 4.78 is 13.1. The monoisotopic (exact) mass is 813 g/mol. The number of hydrogen-bond donors (Lipinski definition) is 2. The Labute approximate surface area is 362 Å². The third-order valence-corrected chi connectivity index (χ3v) is 11.5. The zero-order valence-corrected chi connectivity index (χ0v) is 39.3. The number of rotatable bonds is 15. The van der Waals surface area contributed by atoms with E-state index in [-0.39, 0.29) is 27.4 Å². The van der Waals surface area contributed by atoms with E-state index in [1.54, 1.807) is 0 Å². The summed E-state index contributed by atoms with van der Waals surface area (Å²) in [5.74, 6) is 2.12. The molecule has 6 heteroatoms. The lowest BCUT2D eigenvalue weighted by Gasteiger charge is -2.27. The van der Waals surface area contributed by atoms with Gasteiger partial charge in [-0.15, -0.1) is 0 Å². The minimum absolute atomic E-state index is 0.0955. The van der Waals surface area contributed by atoms with Gasteiger partial charge in [-0.3, -0.25) is 0 Å². The highest BCUT2D eigenvalue weighted by molar-refractivity contribution is 5.57. The Morgan fingerprint density at radius 2 is 0.767 bits per heavy atom. The minimum atomic E-state index is -0.210. The van der Waals surface area contributed by atoms with Gasteiger partial charge in [0.2, 0.25) is 0 Å². The molecule has 322 valence electrons. The molecular formula is C54H72N2O4. The Bertz CT molecular complexity index is 2220. The highest BCUT2D eigenvalue weighted by Crippen LogP contribution is 2.42. The number of aryl methyl sites for hydroxylation is 2. The largest absolute Gasteiger partial charge is 0.507 e. The Morgan fingerprint density at radius 3 is 1.12 bits per heavy atom. The van der Waals surface area contributed by atoms with Crippen LogP contribution < -0.4 is 9.47 Å². The molecule has 0 aromatic heterocycles. The van der Waals surface area contributed by atoms with Crippen LogP contribution >= 0.6 is 0 Å². The minimum Gasteiger partial charge on any atom is -0.507 e. The molecule has 2 N–H and O–H groups in total. The van der Waals surface area contributed by atoms with Gasteiger partial charge in [0.15, 0.2) is 0 Å². The van der Waals surface area contributed by atoms with E-state index in [4.69, 9.17) is 14.7 Å². The summed E-state index contributed by atoms with van der Waals surface area (Å²) in [6, 6.07) is 21.9. The summed E-state index contributed by atoms with van der Waals surface area (Å²) in [7, 11) is 0. The van der Waals surface area contributed by atoms with E-state index in [2.05, 4.69) is 158 Å². The van der Waals surface area contributed by atoms with Gasteiger partial charge in [-0.2, -0.15) is 10.5 Å². The fourth-order valence-corrected chi connectivity index (χ4v) is 7.58. The molecule has 4 rings (SSSR count). The van der Waals surface area contributed by atoms with Crippen molar-refractivity contribution >= 4 is 0 Å². The standard InChI is InChI=1S/C54H72N2O4/c1-15-36-28-44(52(6,7)8)29-37(47(36)57)26-41-33-46(54(12,13)14)34-42(50(41)60-23-19-17-21-56)27-39-31-45(53(9,10)11)30-38(48(39)58)25-40-32-43(51(3,4)5)24-35(2)49(40)59-22-18-16-20-55/h24,28-34,57-58H,15-19,22-23,25-27H2,1-14H3. The summed E-state index contributed by atoms with van der Waals surface area (Å²) in [4.78, 5) is 0. The summed E-state index contributed by atoms with van der Waals surface area (Å²) in [5, 5.41) is 42.6. The topological polar surface area (TPSA) is 107 Å². The number of ether oxygens (including phenoxy) is 2. The molecule has 0 heterocycles. The Morgan fingerprint density at radius 1 is 0.467 bits per heavy atom. The van der Waals surface area contributed by atoms with E-state index in [1.807, 2.05) is 0 Å². The average Bonchev–Trinajstić information content (AvgIpc) is 3.13. The molecule has 4 aromatic carbocycles. The molecule has 0 saturated carbocycles. The summed E-state index contributed by atoms with van der Waals surface area (Å²) in [6.45, 7) is 31.4. The van der Waals surface area contributed by atoms with Crippen molar-refractivity contribution < 1.29 is 19.7 Å². The van der Waals surface area contributed by atoms with Crippen LogP contribution in [-0.4, -0.2) is 23.4 Å². The summed E-state index contributed by atoms with van der Waals surface area (Å²) in [5.41, 5.74) is 11.4. The first-order valence-electron chi connectivity index (χ1n) is 21.9. The molecule has 0 aliphatic heterocycles. The van der Waals surface area contributed by atoms with Crippen LogP contribution in [0.5, 0.6) is 23.0 Å². The molecule has 6 nitrogen and oxygen atoms in total. The van der Waals surface area contributed by atoms with Gasteiger partial charge in [0.1, 0.15) is 23.0 Å². The normalized spacial score (nSPS) is 12.3. The van der Waals surface area contributed by atoms with Gasteiger partial charge in [-0.1, -0.05) is 139 Å². The number of nitriles is 2. The van der Waals surface area contributed by atoms with Crippen molar-refractivity contribution in [1.29, 1.82) is 10.5 Å². The molecule has 0 fully saturated rings. The van der Waals surface area contributed by atoms with E-state index in [9.17, 15) is 15.5 Å². The zero-order chi connectivity index (χ0) is 44.8. The molecule has 0 unspecified atom stereocenters. The van der Waals surface area contributed by atoms with Gasteiger partial charge in [-0.05, 0) is 115 Å². The SMILES string of the molecule is CCc1cc(C(C)(C)C)cc(Cc2cc(C(C)(C)C)cc(Cc3cc(C(C)(C)C)cc(Cc4cc(C(C)(C)C)cc(C)c4OCCCC#N)c3O)c2OCCCC#N)c1O. The van der Waals surface area contributed by atoms with E-state index in [0.717, 1.165) is 67.1 Å². The van der Waals surface area contributed by atoms with Crippen molar-refractivity contribution in [3.63, 3.8) is 0 Å². The van der Waals surface area contributed by atoms with E-state index in [1.165, 1.54) is 11.1 Å². The van der Waals surface area contributed by atoms with Gasteiger partial charge >= 0.3 is 0 Å². The number of nitrogens with zero attached hydrogens (tertiary/aromatic N) is 2. The van der Waals surface area contributed by atoms with Gasteiger partial charge in [-0.25, -0.2) is 0 Å². The molecule has 0 spiro atoms. The van der Waals surface area contributed by atoms with Crippen molar-refractivity contribution in [2.75, 3.05) is 13.2 Å².